The molecule has 1 aliphatic heterocycles. The number of rotatable bonds is 0. The van der Waals surface area contributed by atoms with Crippen molar-refractivity contribution in [2.45, 2.75) is 0 Å². The lowest BCUT2D eigenvalue weighted by Gasteiger charge is -2.04. The summed E-state index contributed by atoms with van der Waals surface area (Å²) in [5.41, 5.74) is 0. The first kappa shape index (κ1) is 7.43. The number of nitrogens with zero attached hydrogens (tertiary/aromatic N) is 2. The number of hydrogen-bond acceptors (Lipinski definition) is 3. The summed E-state index contributed by atoms with van der Waals surface area (Å²) in [6.07, 6.45) is 1.07. The largest absolute Gasteiger partial charge is 0.362 e. The van der Waals surface area contributed by atoms with E-state index in [9.17, 15) is 14.4 Å². The SMILES string of the molecule is O=C=NC(=O)N1CCNC1=O. The molecule has 1 N–H and O–H groups in total. The van der Waals surface area contributed by atoms with Crippen molar-refractivity contribution in [1.82, 2.24) is 10.2 Å². The lowest BCUT2D eigenvalue weighted by atomic mass is 10.6. The molecule has 1 heterocycles. The molecule has 0 aromatic carbocycles. The lowest BCUT2D eigenvalue weighted by Crippen LogP contribution is -2.31. The summed E-state index contributed by atoms with van der Waals surface area (Å²) in [6, 6.07) is -1.39. The minimum absolute atomic E-state index is 0.253. The van der Waals surface area contributed by atoms with Crippen LogP contribution < -0.4 is 5.32 Å². The molecular weight excluding hydrogens is 150 g/mol. The number of imide groups is 1. The van der Waals surface area contributed by atoms with E-state index in [1.165, 1.54) is 0 Å². The number of amides is 4. The summed E-state index contributed by atoms with van der Waals surface area (Å²) < 4.78 is 0. The first-order chi connectivity index (χ1) is 5.25. The second-order valence-corrected chi connectivity index (χ2v) is 1.87. The Morgan fingerprint density at radius 2 is 2.45 bits per heavy atom. The summed E-state index contributed by atoms with van der Waals surface area (Å²) in [4.78, 5) is 34.6. The van der Waals surface area contributed by atoms with Crippen LogP contribution in [0.2, 0.25) is 0 Å². The Morgan fingerprint density at radius 3 is 2.91 bits per heavy atom. The normalized spacial score (nSPS) is 15.6. The van der Waals surface area contributed by atoms with Crippen molar-refractivity contribution in [3.8, 4) is 0 Å². The maximum atomic E-state index is 10.7. The molecule has 0 atom stereocenters. The van der Waals surface area contributed by atoms with Crippen LogP contribution in [0.5, 0.6) is 0 Å². The fraction of sp³-hybridized carbons (Fsp3) is 0.400. The number of carbonyl (C=O) groups excluding carboxylic acids is 3. The molecule has 0 saturated carbocycles. The zero-order valence-electron chi connectivity index (χ0n) is 5.53. The van der Waals surface area contributed by atoms with Crippen molar-refractivity contribution < 1.29 is 14.4 Å². The van der Waals surface area contributed by atoms with Gasteiger partial charge in [-0.05, 0) is 0 Å². The van der Waals surface area contributed by atoms with Crippen molar-refractivity contribution in [2.24, 2.45) is 4.99 Å². The molecule has 0 unspecified atom stereocenters. The molecule has 0 bridgehead atoms. The third-order valence-corrected chi connectivity index (χ3v) is 1.23. The molecule has 6 nitrogen and oxygen atoms in total. The fourth-order valence-electron chi connectivity index (χ4n) is 0.754. The first-order valence-corrected chi connectivity index (χ1v) is 2.93. The lowest BCUT2D eigenvalue weighted by molar-refractivity contribution is 0.205. The Kier molecular flexibility index (Phi) is 1.98. The van der Waals surface area contributed by atoms with Gasteiger partial charge in [-0.25, -0.2) is 19.3 Å². The minimum atomic E-state index is -0.866. The van der Waals surface area contributed by atoms with Gasteiger partial charge in [-0.1, -0.05) is 0 Å². The molecule has 1 rings (SSSR count). The Bertz CT molecular complexity index is 243. The van der Waals surface area contributed by atoms with Crippen molar-refractivity contribution in [2.75, 3.05) is 13.1 Å². The maximum absolute atomic E-state index is 10.7. The van der Waals surface area contributed by atoms with E-state index in [0.29, 0.717) is 6.54 Å². The van der Waals surface area contributed by atoms with Crippen molar-refractivity contribution >= 4 is 18.1 Å². The first-order valence-electron chi connectivity index (χ1n) is 2.93. The van der Waals surface area contributed by atoms with Gasteiger partial charge in [-0.2, -0.15) is 0 Å². The molecule has 0 aliphatic carbocycles. The van der Waals surface area contributed by atoms with Gasteiger partial charge in [-0.15, -0.1) is 4.99 Å². The van der Waals surface area contributed by atoms with E-state index in [4.69, 9.17) is 0 Å². The second-order valence-electron chi connectivity index (χ2n) is 1.87. The molecule has 0 spiro atoms. The van der Waals surface area contributed by atoms with Crippen LogP contribution in [0.25, 0.3) is 0 Å². The number of isocyanates is 1. The number of nitrogens with one attached hydrogen (secondary N) is 1. The number of aliphatic imine (C=N–C) groups is 1. The standard InChI is InChI=1S/C5H5N3O3/c9-3-7-5(11)8-2-1-6-4(8)10/h1-2H2,(H,6,10). The van der Waals surface area contributed by atoms with E-state index in [1.54, 1.807) is 0 Å². The Hall–Kier alpha value is -1.68. The van der Waals surface area contributed by atoms with Gasteiger partial charge < -0.3 is 5.32 Å². The third-order valence-electron chi connectivity index (χ3n) is 1.23. The van der Waals surface area contributed by atoms with Gasteiger partial charge in [0.2, 0.25) is 6.08 Å². The van der Waals surface area contributed by atoms with Crippen LogP contribution in [0.1, 0.15) is 0 Å². The van der Waals surface area contributed by atoms with Crippen molar-refractivity contribution in [3.63, 3.8) is 0 Å². The van der Waals surface area contributed by atoms with Crippen LogP contribution in [0.4, 0.5) is 9.59 Å². The third kappa shape index (κ3) is 1.42. The van der Waals surface area contributed by atoms with E-state index < -0.39 is 12.1 Å². The highest BCUT2D eigenvalue weighted by Gasteiger charge is 2.25. The summed E-state index contributed by atoms with van der Waals surface area (Å²) in [5.74, 6) is 0. The molecular formula is C5H5N3O3. The second kappa shape index (κ2) is 2.94. The molecule has 0 aromatic rings. The zero-order valence-corrected chi connectivity index (χ0v) is 5.53. The Morgan fingerprint density at radius 1 is 1.73 bits per heavy atom. The van der Waals surface area contributed by atoms with Gasteiger partial charge in [-0.3, -0.25) is 0 Å². The molecule has 6 heteroatoms. The van der Waals surface area contributed by atoms with Crippen LogP contribution in [0.15, 0.2) is 4.99 Å². The van der Waals surface area contributed by atoms with E-state index in [0.717, 1.165) is 11.0 Å². The van der Waals surface area contributed by atoms with Crippen LogP contribution >= 0.6 is 0 Å². The molecule has 4 amide bonds. The number of carbonyl (C=O) groups is 2. The summed E-state index contributed by atoms with van der Waals surface area (Å²) in [7, 11) is 0. The highest BCUT2D eigenvalue weighted by atomic mass is 16.2. The topological polar surface area (TPSA) is 78.8 Å². The van der Waals surface area contributed by atoms with E-state index >= 15 is 0 Å². The highest BCUT2D eigenvalue weighted by molar-refractivity contribution is 5.96. The average molecular weight is 155 g/mol. The van der Waals surface area contributed by atoms with Gasteiger partial charge in [0.25, 0.3) is 0 Å². The predicted molar refractivity (Wildman–Crippen MR) is 33.6 cm³/mol. The summed E-state index contributed by atoms with van der Waals surface area (Å²) in [5, 5.41) is 2.39. The minimum Gasteiger partial charge on any atom is -0.336 e. The van der Waals surface area contributed by atoms with Crippen LogP contribution in [-0.4, -0.2) is 36.1 Å². The predicted octanol–water partition coefficient (Wildman–Crippen LogP) is -0.533. The molecule has 1 fully saturated rings. The quantitative estimate of drug-likeness (QED) is 0.377. The van der Waals surface area contributed by atoms with Gasteiger partial charge in [0, 0.05) is 13.1 Å². The summed E-state index contributed by atoms with van der Waals surface area (Å²) >= 11 is 0. The van der Waals surface area contributed by atoms with Crippen molar-refractivity contribution in [3.05, 3.63) is 0 Å². The molecule has 11 heavy (non-hydrogen) atoms. The summed E-state index contributed by atoms with van der Waals surface area (Å²) in [6.45, 7) is 0.655. The Labute approximate surface area is 61.9 Å². The van der Waals surface area contributed by atoms with Crippen LogP contribution in [-0.2, 0) is 4.79 Å². The van der Waals surface area contributed by atoms with Gasteiger partial charge in [0.1, 0.15) is 0 Å². The number of hydrogen-bond donors (Lipinski definition) is 1. The molecule has 0 aromatic heterocycles. The molecule has 1 aliphatic rings. The Balaban J connectivity index is 2.67. The maximum Gasteiger partial charge on any atom is 0.362 e. The molecule has 1 saturated heterocycles. The van der Waals surface area contributed by atoms with E-state index in [2.05, 4.69) is 10.3 Å². The highest BCUT2D eigenvalue weighted by Crippen LogP contribution is 1.98. The van der Waals surface area contributed by atoms with Crippen LogP contribution in [0, 0.1) is 0 Å². The fourth-order valence-corrected chi connectivity index (χ4v) is 0.754. The van der Waals surface area contributed by atoms with Crippen LogP contribution in [0.3, 0.4) is 0 Å². The van der Waals surface area contributed by atoms with E-state index in [1.807, 2.05) is 0 Å². The van der Waals surface area contributed by atoms with Crippen molar-refractivity contribution in [1.29, 1.82) is 0 Å². The molecule has 58 valence electrons. The monoisotopic (exact) mass is 155 g/mol. The smallest absolute Gasteiger partial charge is 0.336 e. The number of urea groups is 2. The van der Waals surface area contributed by atoms with E-state index in [-0.39, 0.29) is 6.54 Å². The van der Waals surface area contributed by atoms with Gasteiger partial charge in [0.05, 0.1) is 0 Å². The van der Waals surface area contributed by atoms with Gasteiger partial charge >= 0.3 is 12.1 Å². The zero-order chi connectivity index (χ0) is 8.27. The molecule has 0 radical (unpaired) electrons. The van der Waals surface area contributed by atoms with Gasteiger partial charge in [0.15, 0.2) is 0 Å². The average Bonchev–Trinajstić information content (AvgIpc) is 2.36.